The van der Waals surface area contributed by atoms with E-state index in [2.05, 4.69) is 4.84 Å². The first kappa shape index (κ1) is 11.6. The predicted molar refractivity (Wildman–Crippen MR) is 63.1 cm³/mol. The summed E-state index contributed by atoms with van der Waals surface area (Å²) in [5.74, 6) is 5.59. The van der Waals surface area contributed by atoms with Crippen molar-refractivity contribution in [3.8, 4) is 0 Å². The maximum Gasteiger partial charge on any atom is 0.263 e. The van der Waals surface area contributed by atoms with Crippen LogP contribution in [0, 0.1) is 5.92 Å². The van der Waals surface area contributed by atoms with Crippen LogP contribution in [0.1, 0.15) is 22.5 Å². The fourth-order valence-electron chi connectivity index (χ4n) is 2.08. The van der Waals surface area contributed by atoms with Crippen LogP contribution >= 0.6 is 11.3 Å². The summed E-state index contributed by atoms with van der Waals surface area (Å²) in [5, 5.41) is 1.93. The molecule has 1 aliphatic heterocycles. The van der Waals surface area contributed by atoms with Crippen LogP contribution in [0.5, 0.6) is 0 Å². The number of carbonyl (C=O) groups is 1. The molecule has 2 N–H and O–H groups in total. The van der Waals surface area contributed by atoms with E-state index in [0.29, 0.717) is 12.5 Å². The van der Waals surface area contributed by atoms with Gasteiger partial charge in [0.15, 0.2) is 0 Å². The highest BCUT2D eigenvalue weighted by atomic mass is 32.1. The van der Waals surface area contributed by atoms with E-state index < -0.39 is 0 Å². The zero-order valence-electron chi connectivity index (χ0n) is 9.09. The minimum Gasteiger partial charge on any atom is -0.338 e. The van der Waals surface area contributed by atoms with Crippen molar-refractivity contribution in [3.05, 3.63) is 22.4 Å². The van der Waals surface area contributed by atoms with E-state index in [1.807, 2.05) is 22.4 Å². The molecule has 1 unspecified atom stereocenters. The molecule has 0 bridgehead atoms. The number of nitrogens with two attached hydrogens (primary N) is 1. The van der Waals surface area contributed by atoms with E-state index in [1.54, 1.807) is 0 Å². The van der Waals surface area contributed by atoms with Gasteiger partial charge >= 0.3 is 0 Å². The Morgan fingerprint density at radius 2 is 2.56 bits per heavy atom. The molecule has 1 atom stereocenters. The molecule has 0 aromatic carbocycles. The lowest BCUT2D eigenvalue weighted by Crippen LogP contribution is -2.41. The lowest BCUT2D eigenvalue weighted by atomic mass is 9.99. The van der Waals surface area contributed by atoms with Crippen LogP contribution in [0.3, 0.4) is 0 Å². The molecular weight excluding hydrogens is 224 g/mol. The number of likely N-dealkylation sites (tertiary alicyclic amines) is 1. The van der Waals surface area contributed by atoms with Gasteiger partial charge in [-0.1, -0.05) is 6.07 Å². The summed E-state index contributed by atoms with van der Waals surface area (Å²) < 4.78 is 0. The van der Waals surface area contributed by atoms with Gasteiger partial charge in [0, 0.05) is 19.0 Å². The number of hydrogen-bond donors (Lipinski definition) is 1. The normalized spacial score (nSPS) is 21.1. The second-order valence-electron chi connectivity index (χ2n) is 4.07. The van der Waals surface area contributed by atoms with Crippen molar-refractivity contribution in [2.75, 3.05) is 19.7 Å². The first-order valence-electron chi connectivity index (χ1n) is 5.45. The van der Waals surface area contributed by atoms with Crippen molar-refractivity contribution in [3.63, 3.8) is 0 Å². The van der Waals surface area contributed by atoms with Crippen LogP contribution in [-0.2, 0) is 4.84 Å². The van der Waals surface area contributed by atoms with Crippen molar-refractivity contribution >= 4 is 17.2 Å². The average Bonchev–Trinajstić information content (AvgIpc) is 2.82. The van der Waals surface area contributed by atoms with Crippen LogP contribution in [0.2, 0.25) is 0 Å². The van der Waals surface area contributed by atoms with Crippen LogP contribution in [0.15, 0.2) is 17.5 Å². The minimum absolute atomic E-state index is 0.136. The van der Waals surface area contributed by atoms with Crippen molar-refractivity contribution in [2.45, 2.75) is 12.8 Å². The lowest BCUT2D eigenvalue weighted by Gasteiger charge is -2.31. The number of hydrogen-bond acceptors (Lipinski definition) is 4. The summed E-state index contributed by atoms with van der Waals surface area (Å²) in [6.07, 6.45) is 2.12. The smallest absolute Gasteiger partial charge is 0.263 e. The summed E-state index contributed by atoms with van der Waals surface area (Å²) >= 11 is 1.49. The lowest BCUT2D eigenvalue weighted by molar-refractivity contribution is 0.0475. The molecule has 5 heteroatoms. The van der Waals surface area contributed by atoms with Gasteiger partial charge in [0.25, 0.3) is 5.91 Å². The Bertz CT molecular complexity index is 338. The Labute approximate surface area is 98.9 Å². The van der Waals surface area contributed by atoms with E-state index in [0.717, 1.165) is 30.8 Å². The molecule has 0 aliphatic carbocycles. The topological polar surface area (TPSA) is 55.6 Å². The monoisotopic (exact) mass is 240 g/mol. The fourth-order valence-corrected chi connectivity index (χ4v) is 2.77. The molecule has 4 nitrogen and oxygen atoms in total. The second kappa shape index (κ2) is 5.43. The maximum absolute atomic E-state index is 12.1. The van der Waals surface area contributed by atoms with Crippen LogP contribution in [0.25, 0.3) is 0 Å². The van der Waals surface area contributed by atoms with E-state index in [1.165, 1.54) is 11.3 Å². The second-order valence-corrected chi connectivity index (χ2v) is 5.02. The summed E-state index contributed by atoms with van der Waals surface area (Å²) in [6.45, 7) is 2.14. The fraction of sp³-hybridized carbons (Fsp3) is 0.545. The van der Waals surface area contributed by atoms with Crippen LogP contribution in [0.4, 0.5) is 0 Å². The molecule has 1 aromatic heterocycles. The molecule has 1 aliphatic rings. The van der Waals surface area contributed by atoms with Gasteiger partial charge in [-0.15, -0.1) is 11.3 Å². The summed E-state index contributed by atoms with van der Waals surface area (Å²) in [6, 6.07) is 3.78. The molecular formula is C11H16N2O2S. The zero-order chi connectivity index (χ0) is 11.4. The van der Waals surface area contributed by atoms with Crippen molar-refractivity contribution in [1.82, 2.24) is 4.90 Å². The van der Waals surface area contributed by atoms with Gasteiger partial charge in [0.2, 0.25) is 0 Å². The third-order valence-corrected chi connectivity index (χ3v) is 3.73. The molecule has 1 fully saturated rings. The Morgan fingerprint density at radius 3 is 3.25 bits per heavy atom. The largest absolute Gasteiger partial charge is 0.338 e. The van der Waals surface area contributed by atoms with Gasteiger partial charge in [0.05, 0.1) is 11.5 Å². The maximum atomic E-state index is 12.1. The molecule has 88 valence electrons. The van der Waals surface area contributed by atoms with Crippen molar-refractivity contribution in [2.24, 2.45) is 11.8 Å². The van der Waals surface area contributed by atoms with Gasteiger partial charge in [-0.2, -0.15) is 0 Å². The molecule has 2 rings (SSSR count). The third kappa shape index (κ3) is 2.61. The standard InChI is InChI=1S/C11H16N2O2S/c12-15-8-9-3-1-5-13(7-9)11(14)10-4-2-6-16-10/h2,4,6,9H,1,3,5,7-8,12H2. The van der Waals surface area contributed by atoms with Crippen LogP contribution in [-0.4, -0.2) is 30.5 Å². The van der Waals surface area contributed by atoms with E-state index >= 15 is 0 Å². The van der Waals surface area contributed by atoms with Gasteiger partial charge in [-0.3, -0.25) is 4.79 Å². The summed E-state index contributed by atoms with van der Waals surface area (Å²) in [7, 11) is 0. The Balaban J connectivity index is 1.96. The number of carbonyl (C=O) groups excluding carboxylic acids is 1. The zero-order valence-corrected chi connectivity index (χ0v) is 9.91. The number of amides is 1. The Kier molecular flexibility index (Phi) is 3.93. The van der Waals surface area contributed by atoms with Crippen molar-refractivity contribution < 1.29 is 9.63 Å². The molecule has 1 aromatic rings. The predicted octanol–water partition coefficient (Wildman–Crippen LogP) is 1.49. The first-order chi connectivity index (χ1) is 7.81. The first-order valence-corrected chi connectivity index (χ1v) is 6.33. The van der Waals surface area contributed by atoms with E-state index in [9.17, 15) is 4.79 Å². The van der Waals surface area contributed by atoms with Gasteiger partial charge in [0.1, 0.15) is 0 Å². The van der Waals surface area contributed by atoms with Gasteiger partial charge in [-0.05, 0) is 24.3 Å². The number of rotatable bonds is 3. The van der Waals surface area contributed by atoms with Crippen LogP contribution < -0.4 is 5.90 Å². The molecule has 0 spiro atoms. The van der Waals surface area contributed by atoms with Crippen molar-refractivity contribution in [1.29, 1.82) is 0 Å². The molecule has 1 amide bonds. The van der Waals surface area contributed by atoms with E-state index in [-0.39, 0.29) is 5.91 Å². The molecule has 0 saturated carbocycles. The van der Waals surface area contributed by atoms with Gasteiger partial charge in [-0.25, -0.2) is 5.90 Å². The Morgan fingerprint density at radius 1 is 1.69 bits per heavy atom. The van der Waals surface area contributed by atoms with Gasteiger partial charge < -0.3 is 9.74 Å². The highest BCUT2D eigenvalue weighted by Crippen LogP contribution is 2.20. The number of piperidine rings is 1. The SMILES string of the molecule is NOCC1CCCN(C(=O)c2cccs2)C1. The summed E-state index contributed by atoms with van der Waals surface area (Å²) in [5.41, 5.74) is 0. The highest BCUT2D eigenvalue weighted by Gasteiger charge is 2.24. The molecule has 1 saturated heterocycles. The molecule has 2 heterocycles. The minimum atomic E-state index is 0.136. The summed E-state index contributed by atoms with van der Waals surface area (Å²) in [4.78, 5) is 19.5. The third-order valence-electron chi connectivity index (χ3n) is 2.87. The Hall–Kier alpha value is -0.910. The average molecular weight is 240 g/mol. The highest BCUT2D eigenvalue weighted by molar-refractivity contribution is 7.12. The quantitative estimate of drug-likeness (QED) is 0.814. The number of nitrogens with zero attached hydrogens (tertiary/aromatic N) is 1. The molecule has 16 heavy (non-hydrogen) atoms. The van der Waals surface area contributed by atoms with E-state index in [4.69, 9.17) is 5.90 Å². The molecule has 0 radical (unpaired) electrons. The number of thiophene rings is 1.